The Labute approximate surface area is 111 Å². The van der Waals surface area contributed by atoms with Crippen molar-refractivity contribution in [3.63, 3.8) is 0 Å². The monoisotopic (exact) mass is 254 g/mol. The lowest BCUT2D eigenvalue weighted by Gasteiger charge is -2.25. The van der Waals surface area contributed by atoms with Gasteiger partial charge in [0.25, 0.3) is 0 Å². The Balaban J connectivity index is 2.02. The first-order valence-electron chi connectivity index (χ1n) is 6.17. The van der Waals surface area contributed by atoms with Gasteiger partial charge in [-0.3, -0.25) is 4.79 Å². The van der Waals surface area contributed by atoms with Crippen LogP contribution in [0, 0.1) is 0 Å². The molecule has 1 aliphatic carbocycles. The molecule has 2 aromatic carbocycles. The first-order valence-corrected chi connectivity index (χ1v) is 6.17. The summed E-state index contributed by atoms with van der Waals surface area (Å²) in [5.41, 5.74) is 5.46. The van der Waals surface area contributed by atoms with E-state index in [2.05, 4.69) is 0 Å². The molecule has 0 aromatic heterocycles. The molecule has 19 heavy (non-hydrogen) atoms. The molecule has 0 saturated carbocycles. The molecule has 96 valence electrons. The molecule has 0 bridgehead atoms. The standard InChI is InChI=1S/C16H14O3/c1-9(16(17)18)10-3-5-12-14(7-10)13-6-4-11(19-2)8-15(12)13/h3-9H,1-2H3,(H,17,18). The summed E-state index contributed by atoms with van der Waals surface area (Å²) in [5, 5.41) is 9.06. The van der Waals surface area contributed by atoms with E-state index in [1.165, 1.54) is 5.56 Å². The SMILES string of the molecule is COc1ccc2c(c1)-c1ccc(C(C)C(=O)O)cc1-2. The summed E-state index contributed by atoms with van der Waals surface area (Å²) < 4.78 is 5.21. The number of carboxylic acids is 1. The van der Waals surface area contributed by atoms with Gasteiger partial charge in [0.1, 0.15) is 5.75 Å². The molecule has 2 aromatic rings. The first kappa shape index (κ1) is 11.8. The lowest BCUT2D eigenvalue weighted by Crippen LogP contribution is -2.09. The second-order valence-electron chi connectivity index (χ2n) is 4.78. The molecule has 3 rings (SSSR count). The van der Waals surface area contributed by atoms with Gasteiger partial charge in [0.05, 0.1) is 13.0 Å². The van der Waals surface area contributed by atoms with Crippen LogP contribution in [0.4, 0.5) is 0 Å². The van der Waals surface area contributed by atoms with Crippen LogP contribution in [0.15, 0.2) is 36.4 Å². The molecule has 1 N–H and O–H groups in total. The summed E-state index contributed by atoms with van der Waals surface area (Å²) >= 11 is 0. The minimum Gasteiger partial charge on any atom is -0.497 e. The van der Waals surface area contributed by atoms with Crippen LogP contribution >= 0.6 is 0 Å². The number of carbonyl (C=O) groups is 1. The summed E-state index contributed by atoms with van der Waals surface area (Å²) in [7, 11) is 1.65. The van der Waals surface area contributed by atoms with Crippen LogP contribution in [0.2, 0.25) is 0 Å². The third-order valence-electron chi connectivity index (χ3n) is 3.72. The van der Waals surface area contributed by atoms with E-state index in [1.807, 2.05) is 36.4 Å². The molecule has 0 spiro atoms. The number of hydrogen-bond acceptors (Lipinski definition) is 2. The summed E-state index contributed by atoms with van der Waals surface area (Å²) in [6.45, 7) is 1.71. The normalized spacial score (nSPS) is 12.9. The second kappa shape index (κ2) is 4.12. The van der Waals surface area contributed by atoms with Gasteiger partial charge >= 0.3 is 5.97 Å². The summed E-state index contributed by atoms with van der Waals surface area (Å²) in [5.74, 6) is -0.436. The lowest BCUT2D eigenvalue weighted by molar-refractivity contribution is -0.138. The second-order valence-corrected chi connectivity index (χ2v) is 4.78. The van der Waals surface area contributed by atoms with Gasteiger partial charge in [0.2, 0.25) is 0 Å². The van der Waals surface area contributed by atoms with E-state index in [4.69, 9.17) is 9.84 Å². The van der Waals surface area contributed by atoms with E-state index < -0.39 is 11.9 Å². The Bertz CT molecular complexity index is 674. The van der Waals surface area contributed by atoms with Gasteiger partial charge in [-0.15, -0.1) is 0 Å². The van der Waals surface area contributed by atoms with Crippen molar-refractivity contribution in [3.8, 4) is 28.0 Å². The van der Waals surface area contributed by atoms with E-state index >= 15 is 0 Å². The Kier molecular flexibility index (Phi) is 2.56. The molecule has 0 amide bonds. The molecule has 0 fully saturated rings. The topological polar surface area (TPSA) is 46.5 Å². The average molecular weight is 254 g/mol. The Hall–Kier alpha value is -2.29. The summed E-state index contributed by atoms with van der Waals surface area (Å²) in [6.07, 6.45) is 0. The molecular formula is C16H14O3. The Morgan fingerprint density at radius 1 is 1.05 bits per heavy atom. The molecular weight excluding hydrogens is 240 g/mol. The zero-order chi connectivity index (χ0) is 13.6. The number of methoxy groups -OCH3 is 1. The number of aliphatic carboxylic acids is 1. The van der Waals surface area contributed by atoms with Crippen molar-refractivity contribution in [2.45, 2.75) is 12.8 Å². The highest BCUT2D eigenvalue weighted by molar-refractivity contribution is 6.03. The number of rotatable bonds is 3. The van der Waals surface area contributed by atoms with Gasteiger partial charge in [-0.2, -0.15) is 0 Å². The Morgan fingerprint density at radius 2 is 1.68 bits per heavy atom. The van der Waals surface area contributed by atoms with Gasteiger partial charge in [-0.1, -0.05) is 18.2 Å². The van der Waals surface area contributed by atoms with Crippen LogP contribution in [0.5, 0.6) is 5.75 Å². The van der Waals surface area contributed by atoms with E-state index in [0.717, 1.165) is 28.0 Å². The molecule has 0 aliphatic heterocycles. The predicted molar refractivity (Wildman–Crippen MR) is 73.5 cm³/mol. The molecule has 0 saturated heterocycles. The number of hydrogen-bond donors (Lipinski definition) is 1. The van der Waals surface area contributed by atoms with E-state index in [-0.39, 0.29) is 0 Å². The Morgan fingerprint density at radius 3 is 2.32 bits per heavy atom. The number of fused-ring (bicyclic) bond motifs is 4. The first-order chi connectivity index (χ1) is 9.11. The minimum atomic E-state index is -0.797. The van der Waals surface area contributed by atoms with Crippen LogP contribution in [-0.2, 0) is 4.79 Å². The molecule has 3 heteroatoms. The van der Waals surface area contributed by atoms with Gasteiger partial charge < -0.3 is 9.84 Å². The van der Waals surface area contributed by atoms with Crippen LogP contribution in [0.3, 0.4) is 0 Å². The third kappa shape index (κ3) is 1.70. The van der Waals surface area contributed by atoms with E-state index in [9.17, 15) is 4.79 Å². The molecule has 1 unspecified atom stereocenters. The zero-order valence-corrected chi connectivity index (χ0v) is 10.8. The maximum Gasteiger partial charge on any atom is 0.310 e. The van der Waals surface area contributed by atoms with Gasteiger partial charge in [-0.05, 0) is 52.9 Å². The maximum absolute atomic E-state index is 11.0. The average Bonchev–Trinajstić information content (AvgIpc) is 2.42. The molecule has 1 aliphatic rings. The highest BCUT2D eigenvalue weighted by Crippen LogP contribution is 2.49. The van der Waals surface area contributed by atoms with Crippen molar-refractivity contribution in [2.24, 2.45) is 0 Å². The van der Waals surface area contributed by atoms with Crippen molar-refractivity contribution in [1.82, 2.24) is 0 Å². The highest BCUT2D eigenvalue weighted by Gasteiger charge is 2.24. The number of benzene rings is 2. The van der Waals surface area contributed by atoms with E-state index in [1.54, 1.807) is 14.0 Å². The van der Waals surface area contributed by atoms with Gasteiger partial charge in [0.15, 0.2) is 0 Å². The predicted octanol–water partition coefficient (Wildman–Crippen LogP) is 3.53. The quantitative estimate of drug-likeness (QED) is 0.777. The van der Waals surface area contributed by atoms with Crippen molar-refractivity contribution in [2.75, 3.05) is 7.11 Å². The maximum atomic E-state index is 11.0. The minimum absolute atomic E-state index is 0.479. The molecule has 1 atom stereocenters. The van der Waals surface area contributed by atoms with Crippen LogP contribution in [-0.4, -0.2) is 18.2 Å². The van der Waals surface area contributed by atoms with E-state index in [0.29, 0.717) is 0 Å². The van der Waals surface area contributed by atoms with Crippen molar-refractivity contribution >= 4 is 5.97 Å². The van der Waals surface area contributed by atoms with Crippen molar-refractivity contribution < 1.29 is 14.6 Å². The zero-order valence-electron chi connectivity index (χ0n) is 10.8. The number of carboxylic acid groups (broad SMARTS) is 1. The fourth-order valence-electron chi connectivity index (χ4n) is 2.48. The lowest BCUT2D eigenvalue weighted by atomic mass is 9.78. The van der Waals surface area contributed by atoms with Crippen molar-refractivity contribution in [1.29, 1.82) is 0 Å². The smallest absolute Gasteiger partial charge is 0.310 e. The van der Waals surface area contributed by atoms with Crippen LogP contribution < -0.4 is 4.74 Å². The van der Waals surface area contributed by atoms with Gasteiger partial charge in [0, 0.05) is 0 Å². The molecule has 0 radical (unpaired) electrons. The molecule has 3 nitrogen and oxygen atoms in total. The fourth-order valence-corrected chi connectivity index (χ4v) is 2.48. The van der Waals surface area contributed by atoms with Gasteiger partial charge in [-0.25, -0.2) is 0 Å². The molecule has 0 heterocycles. The third-order valence-corrected chi connectivity index (χ3v) is 3.72. The highest BCUT2D eigenvalue weighted by atomic mass is 16.5. The van der Waals surface area contributed by atoms with Crippen LogP contribution in [0.1, 0.15) is 18.4 Å². The van der Waals surface area contributed by atoms with Crippen LogP contribution in [0.25, 0.3) is 22.3 Å². The fraction of sp³-hybridized carbons (Fsp3) is 0.188. The number of ether oxygens (including phenoxy) is 1. The summed E-state index contributed by atoms with van der Waals surface area (Å²) in [6, 6.07) is 11.8. The summed E-state index contributed by atoms with van der Waals surface area (Å²) in [4.78, 5) is 11.0. The largest absolute Gasteiger partial charge is 0.497 e. The van der Waals surface area contributed by atoms with Crippen molar-refractivity contribution in [3.05, 3.63) is 42.0 Å².